The predicted molar refractivity (Wildman–Crippen MR) is 130 cm³/mol. The zero-order valence-electron chi connectivity index (χ0n) is 19.9. The Hall–Kier alpha value is -2.79. The average Bonchev–Trinajstić information content (AvgIpc) is 3.44. The van der Waals surface area contributed by atoms with E-state index >= 15 is 0 Å². The van der Waals surface area contributed by atoms with Gasteiger partial charge in [0.1, 0.15) is 0 Å². The van der Waals surface area contributed by atoms with E-state index in [1.54, 1.807) is 25.9 Å². The van der Waals surface area contributed by atoms with Crippen molar-refractivity contribution >= 4 is 32.6 Å². The highest BCUT2D eigenvalue weighted by Crippen LogP contribution is 2.35. The number of rotatable bonds is 8. The molecule has 2 atom stereocenters. The summed E-state index contributed by atoms with van der Waals surface area (Å²) in [6.07, 6.45) is -2.39. The first-order valence-corrected chi connectivity index (χ1v) is 12.4. The number of thiazole rings is 1. The second-order valence-electron chi connectivity index (χ2n) is 9.17. The third-order valence-electron chi connectivity index (χ3n) is 6.15. The van der Waals surface area contributed by atoms with Gasteiger partial charge in [0.15, 0.2) is 21.3 Å². The number of carbonyl (C=O) groups is 1. The molecule has 1 fully saturated rings. The van der Waals surface area contributed by atoms with Crippen molar-refractivity contribution in [2.75, 3.05) is 32.1 Å². The van der Waals surface area contributed by atoms with Crippen molar-refractivity contribution < 1.29 is 18.0 Å². The van der Waals surface area contributed by atoms with Crippen LogP contribution in [0.5, 0.6) is 0 Å². The lowest BCUT2D eigenvalue weighted by Gasteiger charge is -2.22. The van der Waals surface area contributed by atoms with Crippen molar-refractivity contribution in [3.63, 3.8) is 0 Å². The normalized spacial score (nSPS) is 17.5. The minimum atomic E-state index is -4.79. The molecule has 1 aliphatic rings. The van der Waals surface area contributed by atoms with Gasteiger partial charge in [-0.05, 0) is 45.8 Å². The molecular formula is C24H28F3N5O2S. The summed E-state index contributed by atoms with van der Waals surface area (Å²) >= 11 is 0.937. The Kier molecular flexibility index (Phi) is 7.27. The van der Waals surface area contributed by atoms with Crippen LogP contribution in [0.25, 0.3) is 10.3 Å². The predicted octanol–water partition coefficient (Wildman–Crippen LogP) is 4.17. The minimum absolute atomic E-state index is 0.0616. The third kappa shape index (κ3) is 5.40. The first kappa shape index (κ1) is 25.3. The van der Waals surface area contributed by atoms with Crippen LogP contribution in [-0.4, -0.2) is 58.4 Å². The number of fused-ring (bicyclic) bond motifs is 1. The van der Waals surface area contributed by atoms with Gasteiger partial charge in [0.25, 0.3) is 5.56 Å². The summed E-state index contributed by atoms with van der Waals surface area (Å²) in [5, 5.41) is 0.367. The van der Waals surface area contributed by atoms with Gasteiger partial charge >= 0.3 is 6.18 Å². The summed E-state index contributed by atoms with van der Waals surface area (Å²) < 4.78 is 42.2. The number of hydrogen-bond donors (Lipinski definition) is 0. The molecule has 0 radical (unpaired) electrons. The van der Waals surface area contributed by atoms with Crippen molar-refractivity contribution in [3.05, 3.63) is 52.1 Å². The molecule has 0 unspecified atom stereocenters. The van der Waals surface area contributed by atoms with Gasteiger partial charge in [-0.3, -0.25) is 14.2 Å². The summed E-state index contributed by atoms with van der Waals surface area (Å²) in [6.45, 7) is 2.34. The lowest BCUT2D eigenvalue weighted by Crippen LogP contribution is -2.36. The number of likely N-dealkylation sites (N-methyl/N-ethyl adjacent to an activating group) is 1. The number of Topliss-reactive ketones (excluding diaryl/α,β-unsaturated/α-hetero) is 1. The van der Waals surface area contributed by atoms with E-state index in [-0.39, 0.29) is 22.7 Å². The van der Waals surface area contributed by atoms with E-state index in [1.807, 2.05) is 35.2 Å². The minimum Gasteiger partial charge on any atom is -0.338 e. The SMILES string of the molecule is C[C@@H](CN(C)C)n1c(C(F)(F)F)nc2sc(N3CCC[C@@H]3C(=O)CCc3ccccc3)nc2c1=O. The molecule has 0 saturated carbocycles. The Bertz CT molecular complexity index is 1260. The molecule has 0 bridgehead atoms. The summed E-state index contributed by atoms with van der Waals surface area (Å²) in [5.74, 6) is -1.16. The Balaban J connectivity index is 1.66. The highest BCUT2D eigenvalue weighted by atomic mass is 32.1. The fourth-order valence-electron chi connectivity index (χ4n) is 4.63. The smallest absolute Gasteiger partial charge is 0.338 e. The number of aromatic nitrogens is 3. The van der Waals surface area contributed by atoms with Crippen LogP contribution < -0.4 is 10.5 Å². The molecule has 35 heavy (non-hydrogen) atoms. The zero-order valence-corrected chi connectivity index (χ0v) is 20.7. The summed E-state index contributed by atoms with van der Waals surface area (Å²) in [7, 11) is 3.45. The number of halogens is 3. The second kappa shape index (κ2) is 10.1. The quantitative estimate of drug-likeness (QED) is 0.456. The second-order valence-corrected chi connectivity index (χ2v) is 10.1. The highest BCUT2D eigenvalue weighted by Gasteiger charge is 2.40. The topological polar surface area (TPSA) is 71.3 Å². The van der Waals surface area contributed by atoms with Crippen LogP contribution in [0.1, 0.15) is 43.6 Å². The molecular weight excluding hydrogens is 479 g/mol. The molecule has 0 aliphatic carbocycles. The maximum atomic E-state index is 13.8. The summed E-state index contributed by atoms with van der Waals surface area (Å²) in [6, 6.07) is 8.56. The van der Waals surface area contributed by atoms with E-state index in [9.17, 15) is 22.8 Å². The molecule has 4 rings (SSSR count). The summed E-state index contributed by atoms with van der Waals surface area (Å²) in [4.78, 5) is 37.9. The van der Waals surface area contributed by atoms with Crippen LogP contribution in [0.4, 0.5) is 18.3 Å². The molecule has 188 valence electrons. The molecule has 3 aromatic rings. The maximum Gasteiger partial charge on any atom is 0.449 e. The highest BCUT2D eigenvalue weighted by molar-refractivity contribution is 7.21. The Labute approximate surface area is 205 Å². The Morgan fingerprint density at radius 3 is 2.60 bits per heavy atom. The van der Waals surface area contributed by atoms with Crippen LogP contribution in [0.2, 0.25) is 0 Å². The van der Waals surface area contributed by atoms with Crippen molar-refractivity contribution in [2.45, 2.75) is 50.9 Å². The number of nitrogens with zero attached hydrogens (tertiary/aromatic N) is 5. The Morgan fingerprint density at radius 1 is 1.23 bits per heavy atom. The molecule has 0 N–H and O–H groups in total. The molecule has 3 heterocycles. The van der Waals surface area contributed by atoms with Crippen LogP contribution in [0.15, 0.2) is 35.1 Å². The first-order valence-electron chi connectivity index (χ1n) is 11.5. The molecule has 11 heteroatoms. The van der Waals surface area contributed by atoms with Gasteiger partial charge in [-0.25, -0.2) is 9.97 Å². The van der Waals surface area contributed by atoms with E-state index < -0.39 is 29.6 Å². The average molecular weight is 508 g/mol. The van der Waals surface area contributed by atoms with Crippen LogP contribution >= 0.6 is 11.3 Å². The molecule has 2 aromatic heterocycles. The number of alkyl halides is 3. The van der Waals surface area contributed by atoms with Crippen molar-refractivity contribution in [1.82, 2.24) is 19.4 Å². The first-order chi connectivity index (χ1) is 16.6. The van der Waals surface area contributed by atoms with E-state index in [4.69, 9.17) is 0 Å². The largest absolute Gasteiger partial charge is 0.449 e. The molecule has 0 spiro atoms. The van der Waals surface area contributed by atoms with Gasteiger partial charge in [-0.15, -0.1) is 0 Å². The van der Waals surface area contributed by atoms with Gasteiger partial charge in [0.05, 0.1) is 6.04 Å². The molecule has 1 aromatic carbocycles. The fraction of sp³-hybridized carbons (Fsp3) is 0.500. The van der Waals surface area contributed by atoms with Gasteiger partial charge < -0.3 is 9.80 Å². The third-order valence-corrected chi connectivity index (χ3v) is 7.14. The monoisotopic (exact) mass is 507 g/mol. The maximum absolute atomic E-state index is 13.8. The number of benzene rings is 1. The number of aryl methyl sites for hydroxylation is 1. The van der Waals surface area contributed by atoms with Gasteiger partial charge in [-0.2, -0.15) is 13.2 Å². The van der Waals surface area contributed by atoms with Crippen LogP contribution in [0, 0.1) is 0 Å². The van der Waals surface area contributed by atoms with Gasteiger partial charge in [0, 0.05) is 25.6 Å². The van der Waals surface area contributed by atoms with E-state index in [0.29, 0.717) is 35.5 Å². The lowest BCUT2D eigenvalue weighted by atomic mass is 10.0. The van der Waals surface area contributed by atoms with E-state index in [0.717, 1.165) is 23.3 Å². The molecule has 1 aliphatic heterocycles. The standard InChI is InChI=1S/C24H28F3N5O2S/c1-15(14-30(2)3)32-21(34)19-20(29-22(32)24(25,26)27)35-23(28-19)31-13-7-10-17(31)18(33)12-11-16-8-5-4-6-9-16/h4-6,8-9,15,17H,7,10-14H2,1-3H3/t15-,17+/m0/s1. The Morgan fingerprint density at radius 2 is 1.94 bits per heavy atom. The van der Waals surface area contributed by atoms with Crippen molar-refractivity contribution in [2.24, 2.45) is 0 Å². The summed E-state index contributed by atoms with van der Waals surface area (Å²) in [5.41, 5.74) is 0.165. The van der Waals surface area contributed by atoms with Crippen LogP contribution in [0.3, 0.4) is 0 Å². The number of ketones is 1. The van der Waals surface area contributed by atoms with Crippen LogP contribution in [-0.2, 0) is 17.4 Å². The fourth-order valence-corrected chi connectivity index (χ4v) is 5.63. The molecule has 1 saturated heterocycles. The lowest BCUT2D eigenvalue weighted by molar-refractivity contribution is -0.148. The van der Waals surface area contributed by atoms with Crippen molar-refractivity contribution in [1.29, 1.82) is 0 Å². The van der Waals surface area contributed by atoms with Gasteiger partial charge in [0.2, 0.25) is 5.82 Å². The number of anilines is 1. The number of carbonyl (C=O) groups excluding carboxylic acids is 1. The van der Waals surface area contributed by atoms with E-state index in [2.05, 4.69) is 9.97 Å². The van der Waals surface area contributed by atoms with Crippen molar-refractivity contribution in [3.8, 4) is 0 Å². The van der Waals surface area contributed by atoms with E-state index in [1.165, 1.54) is 0 Å². The molecule has 0 amide bonds. The number of hydrogen-bond acceptors (Lipinski definition) is 7. The zero-order chi connectivity index (χ0) is 25.3. The molecule has 7 nitrogen and oxygen atoms in total. The van der Waals surface area contributed by atoms with Gasteiger partial charge in [-0.1, -0.05) is 41.7 Å².